The number of hydrogen-bond donors (Lipinski definition) is 1. The lowest BCUT2D eigenvalue weighted by Crippen LogP contribution is -2.22. The minimum atomic E-state index is -3.46. The second-order valence-electron chi connectivity index (χ2n) is 4.70. The second-order valence-corrected chi connectivity index (χ2v) is 4.70. The Kier molecular flexibility index (Phi) is 4.99. The van der Waals surface area contributed by atoms with Gasteiger partial charge in [-0.25, -0.2) is 43.9 Å². The molecule has 0 amide bonds. The number of benzene rings is 2. The Hall–Kier alpha value is -2.63. The number of carbonyl (C=O) groups excluding carboxylic acids is 1. The molecule has 1 N–H and O–H groups in total. The summed E-state index contributed by atoms with van der Waals surface area (Å²) in [6, 6.07) is 0. The van der Waals surface area contributed by atoms with Crippen LogP contribution in [0.2, 0.25) is 0 Å². The summed E-state index contributed by atoms with van der Waals surface area (Å²) in [6.07, 6.45) is -3.46. The van der Waals surface area contributed by atoms with E-state index in [-0.39, 0.29) is 0 Å². The maximum Gasteiger partial charge on any atom is 0.202 e. The zero-order chi connectivity index (χ0) is 20.1. The summed E-state index contributed by atoms with van der Waals surface area (Å²) in [5, 5.41) is 9.49. The van der Waals surface area contributed by atoms with Crippen LogP contribution in [0.5, 0.6) is 0 Å². The van der Waals surface area contributed by atoms with Gasteiger partial charge in [0.1, 0.15) is 6.10 Å². The van der Waals surface area contributed by atoms with E-state index in [0.29, 0.717) is 0 Å². The molecule has 0 saturated carbocycles. The molecule has 0 aliphatic carbocycles. The fourth-order valence-electron chi connectivity index (χ4n) is 1.95. The van der Waals surface area contributed by atoms with Crippen LogP contribution in [0.15, 0.2) is 0 Å². The molecular weight excluding hydrogens is 390 g/mol. The van der Waals surface area contributed by atoms with Gasteiger partial charge in [-0.1, -0.05) is 0 Å². The van der Waals surface area contributed by atoms with Crippen molar-refractivity contribution in [2.75, 3.05) is 0 Å². The van der Waals surface area contributed by atoms with Gasteiger partial charge in [-0.15, -0.1) is 0 Å². The van der Waals surface area contributed by atoms with Crippen molar-refractivity contribution in [2.45, 2.75) is 6.10 Å². The molecule has 0 spiro atoms. The molecule has 0 fully saturated rings. The predicted octanol–water partition coefficient (Wildman–Crippen LogP) is 3.99. The van der Waals surface area contributed by atoms with Crippen molar-refractivity contribution in [1.82, 2.24) is 0 Å². The average molecular weight is 392 g/mol. The van der Waals surface area contributed by atoms with Crippen LogP contribution in [0.4, 0.5) is 43.9 Å². The highest BCUT2D eigenvalue weighted by Crippen LogP contribution is 2.32. The summed E-state index contributed by atoms with van der Waals surface area (Å²) in [6.45, 7) is 0. The molecule has 1 atom stereocenters. The smallest absolute Gasteiger partial charge is 0.202 e. The van der Waals surface area contributed by atoms with Crippen LogP contribution in [-0.4, -0.2) is 10.9 Å². The Bertz CT molecular complexity index is 882. The van der Waals surface area contributed by atoms with Crippen LogP contribution in [0.3, 0.4) is 0 Å². The van der Waals surface area contributed by atoms with Crippen LogP contribution in [0, 0.1) is 58.2 Å². The van der Waals surface area contributed by atoms with E-state index < -0.39 is 81.2 Å². The van der Waals surface area contributed by atoms with Crippen LogP contribution in [-0.2, 0) is 0 Å². The fourth-order valence-corrected chi connectivity index (χ4v) is 1.95. The number of ketones is 1. The van der Waals surface area contributed by atoms with Crippen molar-refractivity contribution in [1.29, 1.82) is 0 Å². The van der Waals surface area contributed by atoms with Gasteiger partial charge >= 0.3 is 0 Å². The first-order valence-electron chi connectivity index (χ1n) is 6.18. The molecule has 0 saturated heterocycles. The SMILES string of the molecule is O=C(c1c(F)c(F)c(F)c(F)c1F)C(O)c1c(F)c(F)c(F)c(F)c1F. The first-order valence-corrected chi connectivity index (χ1v) is 6.18. The quantitative estimate of drug-likeness (QED) is 0.371. The lowest BCUT2D eigenvalue weighted by Gasteiger charge is -2.15. The predicted molar refractivity (Wildman–Crippen MR) is 61.8 cm³/mol. The van der Waals surface area contributed by atoms with Crippen molar-refractivity contribution in [3.05, 3.63) is 69.3 Å². The maximum atomic E-state index is 13.5. The summed E-state index contributed by atoms with van der Waals surface area (Å²) in [7, 11) is 0. The monoisotopic (exact) mass is 392 g/mol. The van der Waals surface area contributed by atoms with Crippen molar-refractivity contribution >= 4 is 5.78 Å². The Morgan fingerprint density at radius 3 is 1.15 bits per heavy atom. The molecular formula is C14H2F10O2. The molecule has 2 nitrogen and oxygen atoms in total. The number of hydrogen-bond acceptors (Lipinski definition) is 2. The van der Waals surface area contributed by atoms with Crippen LogP contribution >= 0.6 is 0 Å². The number of aliphatic hydroxyl groups is 1. The van der Waals surface area contributed by atoms with Gasteiger partial charge in [-0.3, -0.25) is 4.79 Å². The van der Waals surface area contributed by atoms with E-state index in [4.69, 9.17) is 0 Å². The van der Waals surface area contributed by atoms with Crippen molar-refractivity contribution in [3.63, 3.8) is 0 Å². The third kappa shape index (κ3) is 2.69. The van der Waals surface area contributed by atoms with E-state index in [2.05, 4.69) is 0 Å². The number of halogens is 10. The third-order valence-electron chi connectivity index (χ3n) is 3.22. The van der Waals surface area contributed by atoms with E-state index in [1.807, 2.05) is 0 Å². The molecule has 0 bridgehead atoms. The molecule has 140 valence electrons. The van der Waals surface area contributed by atoms with Gasteiger partial charge in [-0.2, -0.15) is 0 Å². The van der Waals surface area contributed by atoms with E-state index in [1.54, 1.807) is 0 Å². The van der Waals surface area contributed by atoms with Crippen molar-refractivity contribution in [2.24, 2.45) is 0 Å². The Morgan fingerprint density at radius 2 is 0.808 bits per heavy atom. The topological polar surface area (TPSA) is 37.3 Å². The molecule has 0 aliphatic heterocycles. The Morgan fingerprint density at radius 1 is 0.538 bits per heavy atom. The molecule has 0 aromatic heterocycles. The fraction of sp³-hybridized carbons (Fsp3) is 0.0714. The molecule has 0 heterocycles. The summed E-state index contributed by atoms with van der Waals surface area (Å²) < 4.78 is 132. The molecule has 26 heavy (non-hydrogen) atoms. The number of Topliss-reactive ketones (excluding diaryl/α,β-unsaturated/α-hetero) is 1. The summed E-state index contributed by atoms with van der Waals surface area (Å²) in [5.74, 6) is -29.3. The standard InChI is InChI=1S/C14H2F10O2/c15-3-1(4(16)8(20)11(23)7(3)19)13(25)14(26)2-5(17)9(21)12(24)10(22)6(2)18/h13,25H. The molecule has 2 rings (SSSR count). The molecule has 0 aliphatic rings. The first-order chi connectivity index (χ1) is 11.9. The van der Waals surface area contributed by atoms with Crippen LogP contribution < -0.4 is 0 Å². The zero-order valence-electron chi connectivity index (χ0n) is 11.7. The van der Waals surface area contributed by atoms with E-state index in [0.717, 1.165) is 0 Å². The molecule has 2 aromatic rings. The van der Waals surface area contributed by atoms with E-state index in [9.17, 15) is 53.8 Å². The van der Waals surface area contributed by atoms with Crippen molar-refractivity contribution in [3.8, 4) is 0 Å². The lowest BCUT2D eigenvalue weighted by molar-refractivity contribution is 0.0715. The Balaban J connectivity index is 2.72. The highest BCUT2D eigenvalue weighted by molar-refractivity contribution is 6.00. The van der Waals surface area contributed by atoms with E-state index in [1.165, 1.54) is 0 Å². The summed E-state index contributed by atoms with van der Waals surface area (Å²) >= 11 is 0. The minimum Gasteiger partial charge on any atom is -0.380 e. The normalized spacial score (nSPS) is 12.4. The van der Waals surface area contributed by atoms with Gasteiger partial charge < -0.3 is 5.11 Å². The van der Waals surface area contributed by atoms with Gasteiger partial charge in [-0.05, 0) is 0 Å². The van der Waals surface area contributed by atoms with Gasteiger partial charge in [0.15, 0.2) is 46.5 Å². The molecule has 12 heteroatoms. The molecule has 2 aromatic carbocycles. The number of carbonyl (C=O) groups is 1. The van der Waals surface area contributed by atoms with Crippen LogP contribution in [0.1, 0.15) is 22.0 Å². The van der Waals surface area contributed by atoms with Gasteiger partial charge in [0.05, 0.1) is 11.1 Å². The third-order valence-corrected chi connectivity index (χ3v) is 3.22. The highest BCUT2D eigenvalue weighted by atomic mass is 19.2. The summed E-state index contributed by atoms with van der Waals surface area (Å²) in [5.41, 5.74) is -4.55. The van der Waals surface area contributed by atoms with Crippen LogP contribution in [0.25, 0.3) is 0 Å². The van der Waals surface area contributed by atoms with Gasteiger partial charge in [0.2, 0.25) is 17.4 Å². The number of rotatable bonds is 3. The Labute approximate surface area is 136 Å². The van der Waals surface area contributed by atoms with Gasteiger partial charge in [0, 0.05) is 0 Å². The zero-order valence-corrected chi connectivity index (χ0v) is 11.7. The second kappa shape index (κ2) is 6.59. The first kappa shape index (κ1) is 19.7. The van der Waals surface area contributed by atoms with Crippen molar-refractivity contribution < 1.29 is 53.8 Å². The summed E-state index contributed by atoms with van der Waals surface area (Å²) in [4.78, 5) is 11.8. The molecule has 0 radical (unpaired) electrons. The highest BCUT2D eigenvalue weighted by Gasteiger charge is 2.37. The van der Waals surface area contributed by atoms with Gasteiger partial charge in [0.25, 0.3) is 0 Å². The van der Waals surface area contributed by atoms with E-state index >= 15 is 0 Å². The number of aliphatic hydroxyl groups excluding tert-OH is 1. The lowest BCUT2D eigenvalue weighted by atomic mass is 9.97. The minimum absolute atomic E-state index is 2.23. The molecule has 1 unspecified atom stereocenters. The maximum absolute atomic E-state index is 13.5. The average Bonchev–Trinajstić information content (AvgIpc) is 2.61. The largest absolute Gasteiger partial charge is 0.380 e.